The number of likely N-dealkylation sites (tertiary alicyclic amines) is 1. The van der Waals surface area contributed by atoms with Crippen LogP contribution >= 0.6 is 0 Å². The molecule has 0 saturated carbocycles. The molecule has 0 aliphatic carbocycles. The number of fused-ring (bicyclic) bond motifs is 3. The number of carbonyl (C=O) groups excluding carboxylic acids is 2. The quantitative estimate of drug-likeness (QED) is 0.551. The summed E-state index contributed by atoms with van der Waals surface area (Å²) in [6.45, 7) is 3.38. The second-order valence-electron chi connectivity index (χ2n) is 9.95. The Morgan fingerprint density at radius 1 is 1.14 bits per heavy atom. The van der Waals surface area contributed by atoms with Crippen molar-refractivity contribution >= 4 is 34.2 Å². The van der Waals surface area contributed by atoms with E-state index < -0.39 is 0 Å². The monoisotopic (exact) mass is 498 g/mol. The number of urea groups is 1. The number of carbonyl (C=O) groups is 2. The van der Waals surface area contributed by atoms with Crippen molar-refractivity contribution < 1.29 is 9.59 Å². The lowest BCUT2D eigenvalue weighted by Crippen LogP contribution is -2.54. The zero-order valence-corrected chi connectivity index (χ0v) is 21.3. The molecule has 3 aliphatic rings. The van der Waals surface area contributed by atoms with Crippen molar-refractivity contribution in [2.45, 2.75) is 38.5 Å². The van der Waals surface area contributed by atoms with Crippen molar-refractivity contribution in [1.29, 1.82) is 0 Å². The summed E-state index contributed by atoms with van der Waals surface area (Å²) < 4.78 is 1.90. The number of hydrogen-bond acceptors (Lipinski definition) is 6. The van der Waals surface area contributed by atoms with E-state index in [1.54, 1.807) is 18.0 Å². The molecule has 0 N–H and O–H groups in total. The van der Waals surface area contributed by atoms with Crippen molar-refractivity contribution in [3.63, 3.8) is 0 Å². The molecule has 1 fully saturated rings. The van der Waals surface area contributed by atoms with Crippen molar-refractivity contribution in [3.8, 4) is 0 Å². The van der Waals surface area contributed by atoms with Crippen LogP contribution in [0.2, 0.25) is 0 Å². The van der Waals surface area contributed by atoms with E-state index in [0.29, 0.717) is 19.6 Å². The van der Waals surface area contributed by atoms with Gasteiger partial charge in [0.05, 0.1) is 23.4 Å². The molecule has 1 atom stereocenters. The van der Waals surface area contributed by atoms with Gasteiger partial charge in [-0.2, -0.15) is 5.10 Å². The van der Waals surface area contributed by atoms with Crippen molar-refractivity contribution in [2.24, 2.45) is 0 Å². The van der Waals surface area contributed by atoms with E-state index in [-0.39, 0.29) is 24.1 Å². The van der Waals surface area contributed by atoms with E-state index in [1.165, 1.54) is 0 Å². The van der Waals surface area contributed by atoms with Crippen LogP contribution in [-0.4, -0.2) is 79.6 Å². The third kappa shape index (κ3) is 4.02. The third-order valence-corrected chi connectivity index (χ3v) is 7.52. The summed E-state index contributed by atoms with van der Waals surface area (Å²) >= 11 is 0. The van der Waals surface area contributed by atoms with Gasteiger partial charge in [0.1, 0.15) is 11.7 Å². The van der Waals surface area contributed by atoms with Crippen LogP contribution in [0.4, 0.5) is 10.5 Å². The lowest BCUT2D eigenvalue weighted by molar-refractivity contribution is -0.129. The van der Waals surface area contributed by atoms with E-state index in [0.717, 1.165) is 46.4 Å². The van der Waals surface area contributed by atoms with Crippen LogP contribution in [0.3, 0.4) is 0 Å². The Bertz CT molecular complexity index is 1420. The first-order chi connectivity index (χ1) is 17.9. The van der Waals surface area contributed by atoms with Crippen molar-refractivity contribution in [3.05, 3.63) is 66.4 Å². The Balaban J connectivity index is 1.39. The van der Waals surface area contributed by atoms with Gasteiger partial charge in [-0.3, -0.25) is 14.7 Å². The predicted molar refractivity (Wildman–Crippen MR) is 140 cm³/mol. The number of amides is 3. The fourth-order valence-electron chi connectivity index (χ4n) is 5.54. The highest BCUT2D eigenvalue weighted by Crippen LogP contribution is 2.38. The molecule has 10 nitrogen and oxygen atoms in total. The van der Waals surface area contributed by atoms with Gasteiger partial charge in [0.2, 0.25) is 5.91 Å². The van der Waals surface area contributed by atoms with E-state index in [4.69, 9.17) is 4.98 Å². The first-order valence-electron chi connectivity index (χ1n) is 12.6. The molecule has 6 heterocycles. The third-order valence-electron chi connectivity index (χ3n) is 7.52. The minimum absolute atomic E-state index is 0.00171. The van der Waals surface area contributed by atoms with Gasteiger partial charge in [-0.25, -0.2) is 14.5 Å². The van der Waals surface area contributed by atoms with Crippen LogP contribution in [0.5, 0.6) is 0 Å². The molecular formula is C27H30N8O2. The molecule has 10 heteroatoms. The van der Waals surface area contributed by atoms with Crippen LogP contribution in [0.1, 0.15) is 37.2 Å². The van der Waals surface area contributed by atoms with Crippen LogP contribution < -0.4 is 4.90 Å². The Labute approximate surface area is 215 Å². The van der Waals surface area contributed by atoms with Crippen LogP contribution in [0, 0.1) is 0 Å². The highest BCUT2D eigenvalue weighted by Gasteiger charge is 2.37. The van der Waals surface area contributed by atoms with Gasteiger partial charge in [0.15, 0.2) is 0 Å². The number of pyridine rings is 2. The number of allylic oxidation sites excluding steroid dienone is 2. The zero-order chi connectivity index (χ0) is 25.7. The maximum absolute atomic E-state index is 13.5. The first-order valence-corrected chi connectivity index (χ1v) is 12.6. The first kappa shape index (κ1) is 23.2. The van der Waals surface area contributed by atoms with Crippen molar-refractivity contribution in [2.75, 3.05) is 32.1 Å². The standard InChI is InChI=1S/C27H30N8O2/c1-18(36)33-13-9-21(10-14-33)35-26-20(17-32(3)27(35)37)15-28-23-7-6-22(30-25(23)26)19-5-8-24(31(2)16-19)34-12-4-11-29-34/h4-8,11-12,15-16,21,24H,9-10,13-14,17H2,1-3H3. The van der Waals surface area contributed by atoms with E-state index >= 15 is 0 Å². The zero-order valence-electron chi connectivity index (χ0n) is 21.3. The molecule has 1 unspecified atom stereocenters. The number of hydrogen-bond donors (Lipinski definition) is 0. The number of likely N-dealkylation sites (N-methyl/N-ethyl adjacent to an activating group) is 1. The molecule has 6 rings (SSSR count). The Kier molecular flexibility index (Phi) is 5.66. The van der Waals surface area contributed by atoms with E-state index in [1.807, 2.05) is 59.2 Å². The lowest BCUT2D eigenvalue weighted by Gasteiger charge is -2.43. The normalized spacial score (nSPS) is 20.5. The molecule has 37 heavy (non-hydrogen) atoms. The Hall–Kier alpha value is -4.21. The highest BCUT2D eigenvalue weighted by atomic mass is 16.2. The van der Waals surface area contributed by atoms with Gasteiger partial charge in [-0.15, -0.1) is 0 Å². The van der Waals surface area contributed by atoms with Gasteiger partial charge in [0.25, 0.3) is 0 Å². The number of aromatic nitrogens is 4. The largest absolute Gasteiger partial charge is 0.355 e. The van der Waals surface area contributed by atoms with E-state index in [9.17, 15) is 9.59 Å². The molecule has 1 saturated heterocycles. The molecule has 0 spiro atoms. The molecule has 3 amide bonds. The summed E-state index contributed by atoms with van der Waals surface area (Å²) in [5.41, 5.74) is 5.12. The predicted octanol–water partition coefficient (Wildman–Crippen LogP) is 3.25. The summed E-state index contributed by atoms with van der Waals surface area (Å²) in [4.78, 5) is 42.7. The summed E-state index contributed by atoms with van der Waals surface area (Å²) in [6, 6.07) is 5.83. The van der Waals surface area contributed by atoms with Gasteiger partial charge in [-0.05, 0) is 37.1 Å². The van der Waals surface area contributed by atoms with E-state index in [2.05, 4.69) is 33.3 Å². The lowest BCUT2D eigenvalue weighted by atomic mass is 9.99. The molecular weight excluding hydrogens is 468 g/mol. The van der Waals surface area contributed by atoms with Crippen LogP contribution in [0.25, 0.3) is 16.6 Å². The van der Waals surface area contributed by atoms with Gasteiger partial charge >= 0.3 is 6.03 Å². The average Bonchev–Trinajstić information content (AvgIpc) is 3.44. The smallest absolute Gasteiger partial charge is 0.324 e. The second kappa shape index (κ2) is 9.02. The summed E-state index contributed by atoms with van der Waals surface area (Å²) in [5, 5.41) is 4.36. The van der Waals surface area contributed by atoms with Crippen LogP contribution in [-0.2, 0) is 11.3 Å². The topological polar surface area (TPSA) is 90.7 Å². The number of anilines is 1. The minimum Gasteiger partial charge on any atom is -0.355 e. The minimum atomic E-state index is -0.0351. The second-order valence-corrected chi connectivity index (χ2v) is 9.95. The Morgan fingerprint density at radius 2 is 1.95 bits per heavy atom. The molecule has 0 radical (unpaired) electrons. The molecule has 0 bridgehead atoms. The summed E-state index contributed by atoms with van der Waals surface area (Å²) in [6.07, 6.45) is 13.3. The fraction of sp³-hybridized carbons (Fsp3) is 0.370. The molecule has 3 aromatic heterocycles. The summed E-state index contributed by atoms with van der Waals surface area (Å²) in [5.74, 6) is 0.0791. The van der Waals surface area contributed by atoms with Gasteiger partial charge < -0.3 is 14.7 Å². The average molecular weight is 499 g/mol. The number of piperidine rings is 1. The van der Waals surface area contributed by atoms with Gasteiger partial charge in [-0.1, -0.05) is 6.08 Å². The molecule has 190 valence electrons. The van der Waals surface area contributed by atoms with Crippen LogP contribution in [0.15, 0.2) is 55.1 Å². The number of rotatable bonds is 3. The maximum atomic E-state index is 13.5. The molecule has 0 aromatic carbocycles. The Morgan fingerprint density at radius 3 is 2.65 bits per heavy atom. The van der Waals surface area contributed by atoms with Crippen molar-refractivity contribution in [1.82, 2.24) is 34.4 Å². The highest BCUT2D eigenvalue weighted by molar-refractivity contribution is 6.04. The molecule has 3 aromatic rings. The fourth-order valence-corrected chi connectivity index (χ4v) is 5.54. The summed E-state index contributed by atoms with van der Waals surface area (Å²) in [7, 11) is 3.84. The maximum Gasteiger partial charge on any atom is 0.324 e. The molecule has 3 aliphatic heterocycles. The SMILES string of the molecule is CC(=O)N1CCC(N2C(=O)N(C)Cc3cnc4ccc(C5=CN(C)C(n6cccn6)C=C5)nc4c32)CC1. The number of nitrogens with zero attached hydrogens (tertiary/aromatic N) is 8. The van der Waals surface area contributed by atoms with Gasteiger partial charge in [0, 0.05) is 76.1 Å².